The lowest BCUT2D eigenvalue weighted by molar-refractivity contribution is -0.255. The van der Waals surface area contributed by atoms with Crippen LogP contribution in [0.3, 0.4) is 0 Å². The van der Waals surface area contributed by atoms with Crippen LogP contribution >= 0.6 is 11.6 Å². The van der Waals surface area contributed by atoms with Crippen LogP contribution in [0.25, 0.3) is 17.4 Å². The van der Waals surface area contributed by atoms with E-state index in [4.69, 9.17) is 16.0 Å². The van der Waals surface area contributed by atoms with Crippen LogP contribution in [0.4, 0.5) is 10.1 Å². The molecule has 0 aliphatic rings. The molecule has 3 rings (SSSR count). The minimum atomic E-state index is -1.36. The van der Waals surface area contributed by atoms with Gasteiger partial charge in [-0.15, -0.1) is 0 Å². The number of benzene rings is 2. The number of hydrogen-bond donors (Lipinski definition) is 1. The number of furan rings is 1. The molecule has 1 N–H and O–H groups in total. The predicted molar refractivity (Wildman–Crippen MR) is 102 cm³/mol. The second kappa shape index (κ2) is 8.42. The van der Waals surface area contributed by atoms with E-state index < -0.39 is 17.7 Å². The monoisotopic (exact) mass is 409 g/mol. The summed E-state index contributed by atoms with van der Waals surface area (Å²) in [6.07, 6.45) is 1.22. The van der Waals surface area contributed by atoms with Gasteiger partial charge in [0, 0.05) is 17.3 Å². The third-order valence-corrected chi connectivity index (χ3v) is 4.18. The smallest absolute Gasteiger partial charge is 0.266 e. The zero-order valence-electron chi connectivity index (χ0n) is 14.6. The molecule has 1 heterocycles. The Morgan fingerprint density at radius 1 is 1.14 bits per heavy atom. The average Bonchev–Trinajstić information content (AvgIpc) is 3.16. The summed E-state index contributed by atoms with van der Waals surface area (Å²) in [5.41, 5.74) is 0.324. The number of nitrogens with zero attached hydrogens (tertiary/aromatic N) is 1. The Hall–Kier alpha value is -3.89. The van der Waals surface area contributed by atoms with Crippen LogP contribution in [0.1, 0.15) is 16.1 Å². The second-order valence-electron chi connectivity index (χ2n) is 5.81. The Morgan fingerprint density at radius 3 is 2.52 bits per heavy atom. The van der Waals surface area contributed by atoms with Gasteiger partial charge in [0.25, 0.3) is 5.91 Å². The van der Waals surface area contributed by atoms with E-state index in [9.17, 15) is 24.3 Å². The van der Waals surface area contributed by atoms with Gasteiger partial charge in [0.1, 0.15) is 29.0 Å². The highest BCUT2D eigenvalue weighted by atomic mass is 35.5. The highest BCUT2D eigenvalue weighted by molar-refractivity contribution is 6.33. The van der Waals surface area contributed by atoms with E-state index in [1.165, 1.54) is 60.7 Å². The summed E-state index contributed by atoms with van der Waals surface area (Å²) in [5.74, 6) is -2.09. The molecule has 144 valence electrons. The lowest BCUT2D eigenvalue weighted by atomic mass is 10.1. The van der Waals surface area contributed by atoms with E-state index in [-0.39, 0.29) is 27.7 Å². The number of nitriles is 1. The molecule has 1 aromatic heterocycles. The molecule has 0 fully saturated rings. The fourth-order valence-corrected chi connectivity index (χ4v) is 2.65. The molecule has 0 saturated heterocycles. The molecule has 3 aromatic rings. The summed E-state index contributed by atoms with van der Waals surface area (Å²) in [4.78, 5) is 23.3. The van der Waals surface area contributed by atoms with Gasteiger partial charge in [-0.05, 0) is 54.1 Å². The van der Waals surface area contributed by atoms with Crippen LogP contribution in [-0.2, 0) is 4.79 Å². The summed E-state index contributed by atoms with van der Waals surface area (Å²) in [5, 5.41) is 23.0. The van der Waals surface area contributed by atoms with Gasteiger partial charge in [0.15, 0.2) is 0 Å². The van der Waals surface area contributed by atoms with Gasteiger partial charge < -0.3 is 19.6 Å². The zero-order valence-corrected chi connectivity index (χ0v) is 15.4. The molecular weight excluding hydrogens is 399 g/mol. The van der Waals surface area contributed by atoms with Gasteiger partial charge in [-0.25, -0.2) is 4.39 Å². The van der Waals surface area contributed by atoms with Crippen LogP contribution in [0.5, 0.6) is 0 Å². The Bertz CT molecular complexity index is 1160. The van der Waals surface area contributed by atoms with E-state index in [0.717, 1.165) is 0 Å². The number of aromatic carboxylic acids is 1. The molecule has 29 heavy (non-hydrogen) atoms. The summed E-state index contributed by atoms with van der Waals surface area (Å²) in [6.45, 7) is 0. The van der Waals surface area contributed by atoms with Gasteiger partial charge >= 0.3 is 0 Å². The Kier molecular flexibility index (Phi) is 5.77. The number of carboxylic acid groups (broad SMARTS) is 1. The number of rotatable bonds is 5. The lowest BCUT2D eigenvalue weighted by Crippen LogP contribution is -2.22. The number of anilines is 1. The van der Waals surface area contributed by atoms with Crippen molar-refractivity contribution in [1.29, 1.82) is 5.26 Å². The van der Waals surface area contributed by atoms with E-state index in [2.05, 4.69) is 5.32 Å². The summed E-state index contributed by atoms with van der Waals surface area (Å²) < 4.78 is 18.5. The molecule has 8 heteroatoms. The number of nitrogens with one attached hydrogen (secondary N) is 1. The summed E-state index contributed by atoms with van der Waals surface area (Å²) in [6, 6.07) is 13.9. The van der Waals surface area contributed by atoms with Gasteiger partial charge in [-0.2, -0.15) is 5.26 Å². The molecule has 0 aliphatic carbocycles. The van der Waals surface area contributed by atoms with Crippen LogP contribution in [0.15, 0.2) is 64.6 Å². The van der Waals surface area contributed by atoms with Gasteiger partial charge in [0.2, 0.25) is 0 Å². The largest absolute Gasteiger partial charge is 0.545 e. The quantitative estimate of drug-likeness (QED) is 0.511. The Labute approximate surface area is 169 Å². The Morgan fingerprint density at radius 2 is 1.86 bits per heavy atom. The lowest BCUT2D eigenvalue weighted by Gasteiger charge is -2.06. The number of carboxylic acids is 1. The second-order valence-corrected chi connectivity index (χ2v) is 6.22. The maximum absolute atomic E-state index is 12.9. The van der Waals surface area contributed by atoms with Crippen molar-refractivity contribution in [2.24, 2.45) is 0 Å². The normalized spacial score (nSPS) is 11.0. The van der Waals surface area contributed by atoms with Crippen LogP contribution in [0.2, 0.25) is 5.02 Å². The average molecular weight is 410 g/mol. The predicted octanol–water partition coefficient (Wildman–Crippen LogP) is 3.65. The molecule has 1 amide bonds. The molecule has 0 radical (unpaired) electrons. The SMILES string of the molecule is N#C/C(=C/c1ccc(-c2cc(C(=O)[O-])ccc2Cl)o1)C(=O)Nc1ccc(F)cc1. The highest BCUT2D eigenvalue weighted by Gasteiger charge is 2.13. The van der Waals surface area contributed by atoms with Gasteiger partial charge in [-0.1, -0.05) is 17.7 Å². The molecule has 6 nitrogen and oxygen atoms in total. The first-order chi connectivity index (χ1) is 13.9. The molecule has 0 spiro atoms. The van der Waals surface area contributed by atoms with Crippen molar-refractivity contribution >= 4 is 35.2 Å². The van der Waals surface area contributed by atoms with E-state index >= 15 is 0 Å². The fourth-order valence-electron chi connectivity index (χ4n) is 2.44. The van der Waals surface area contributed by atoms with Crippen molar-refractivity contribution in [3.8, 4) is 17.4 Å². The van der Waals surface area contributed by atoms with E-state index in [1.807, 2.05) is 0 Å². The molecule has 2 aromatic carbocycles. The van der Waals surface area contributed by atoms with Crippen molar-refractivity contribution in [1.82, 2.24) is 0 Å². The van der Waals surface area contributed by atoms with Crippen molar-refractivity contribution in [2.45, 2.75) is 0 Å². The highest BCUT2D eigenvalue weighted by Crippen LogP contribution is 2.31. The molecule has 0 atom stereocenters. The van der Waals surface area contributed by atoms with Crippen molar-refractivity contribution in [3.05, 3.63) is 82.3 Å². The topological polar surface area (TPSA) is 106 Å². The van der Waals surface area contributed by atoms with Crippen molar-refractivity contribution in [3.63, 3.8) is 0 Å². The van der Waals surface area contributed by atoms with Crippen LogP contribution in [0, 0.1) is 17.1 Å². The summed E-state index contributed by atoms with van der Waals surface area (Å²) in [7, 11) is 0. The van der Waals surface area contributed by atoms with Crippen molar-refractivity contribution < 1.29 is 23.5 Å². The van der Waals surface area contributed by atoms with Gasteiger partial charge in [0.05, 0.1) is 11.0 Å². The van der Waals surface area contributed by atoms with Gasteiger partial charge in [-0.3, -0.25) is 4.79 Å². The standard InChI is InChI=1S/C21H12ClFN2O4/c22-18-7-1-12(21(27)28)10-17(18)19-8-6-16(29-19)9-13(11-24)20(26)25-15-4-2-14(23)3-5-15/h1-10H,(H,25,26)(H,27,28)/p-1/b13-9-. The zero-order chi connectivity index (χ0) is 21.0. The maximum atomic E-state index is 12.9. The molecule has 0 saturated carbocycles. The minimum Gasteiger partial charge on any atom is -0.545 e. The van der Waals surface area contributed by atoms with Crippen LogP contribution in [-0.4, -0.2) is 11.9 Å². The molecule has 0 unspecified atom stereocenters. The number of carbonyl (C=O) groups excluding carboxylic acids is 2. The Balaban J connectivity index is 1.85. The van der Waals surface area contributed by atoms with E-state index in [1.54, 1.807) is 6.07 Å². The summed E-state index contributed by atoms with van der Waals surface area (Å²) >= 11 is 6.10. The minimum absolute atomic E-state index is 0.0747. The number of hydrogen-bond acceptors (Lipinski definition) is 5. The first-order valence-corrected chi connectivity index (χ1v) is 8.55. The third kappa shape index (κ3) is 4.69. The fraction of sp³-hybridized carbons (Fsp3) is 0. The number of halogens is 2. The van der Waals surface area contributed by atoms with Crippen LogP contribution < -0.4 is 10.4 Å². The first-order valence-electron chi connectivity index (χ1n) is 8.17. The van der Waals surface area contributed by atoms with Crippen molar-refractivity contribution in [2.75, 3.05) is 5.32 Å². The number of carbonyl (C=O) groups is 2. The maximum Gasteiger partial charge on any atom is 0.266 e. The molecule has 0 aliphatic heterocycles. The molecular formula is C21H11ClFN2O4-. The molecule has 0 bridgehead atoms. The van der Waals surface area contributed by atoms with E-state index in [0.29, 0.717) is 11.3 Å². The third-order valence-electron chi connectivity index (χ3n) is 3.85. The first kappa shape index (κ1) is 19.9. The number of amides is 1.